The van der Waals surface area contributed by atoms with Gasteiger partial charge >= 0.3 is 0 Å². The molecule has 0 bridgehead atoms. The summed E-state index contributed by atoms with van der Waals surface area (Å²) >= 11 is 5.41. The maximum Gasteiger partial charge on any atom is 0.159 e. The fourth-order valence-electron chi connectivity index (χ4n) is 2.13. The van der Waals surface area contributed by atoms with Crippen molar-refractivity contribution >= 4 is 28.2 Å². The average Bonchev–Trinajstić information content (AvgIpc) is 2.59. The molecule has 0 aliphatic carbocycles. The van der Waals surface area contributed by atoms with Crippen LogP contribution in [0, 0.1) is 0 Å². The lowest BCUT2D eigenvalue weighted by atomic mass is 10.2. The van der Waals surface area contributed by atoms with Crippen molar-refractivity contribution in [3.05, 3.63) is 66.0 Å². The van der Waals surface area contributed by atoms with Crippen LogP contribution in [-0.4, -0.2) is 22.1 Å². The van der Waals surface area contributed by atoms with Gasteiger partial charge in [0.05, 0.1) is 12.8 Å². The van der Waals surface area contributed by atoms with Crippen molar-refractivity contribution in [2.45, 2.75) is 6.54 Å². The molecule has 0 unspecified atom stereocenters. The Labute approximate surface area is 134 Å². The van der Waals surface area contributed by atoms with E-state index in [0.29, 0.717) is 17.2 Å². The molecule has 0 atom stereocenters. The Kier molecular flexibility index (Phi) is 4.25. The molecule has 2 aromatic heterocycles. The summed E-state index contributed by atoms with van der Waals surface area (Å²) in [6.45, 7) is 0.623. The van der Waals surface area contributed by atoms with Crippen LogP contribution in [0.1, 0.15) is 11.3 Å². The highest BCUT2D eigenvalue weighted by Gasteiger charge is 2.05. The first kappa shape index (κ1) is 14.4. The van der Waals surface area contributed by atoms with Gasteiger partial charge in [-0.05, 0) is 42.0 Å². The number of methoxy groups -OCH3 is 1. The van der Waals surface area contributed by atoms with Crippen LogP contribution < -0.4 is 10.1 Å². The summed E-state index contributed by atoms with van der Waals surface area (Å²) in [5.41, 5.74) is 2.52. The van der Waals surface area contributed by atoms with Crippen LogP contribution in [0.25, 0.3) is 11.0 Å². The molecule has 0 saturated carbocycles. The third kappa shape index (κ3) is 3.20. The number of ether oxygens (including phenoxy) is 1. The lowest BCUT2D eigenvalue weighted by Gasteiger charge is -2.09. The maximum atomic E-state index is 5.41. The first-order valence-corrected chi connectivity index (χ1v) is 7.30. The second-order valence-corrected chi connectivity index (χ2v) is 5.19. The number of hydrogen-bond acceptors (Lipinski definition) is 4. The summed E-state index contributed by atoms with van der Waals surface area (Å²) in [5, 5.41) is 4.22. The van der Waals surface area contributed by atoms with Gasteiger partial charge in [0.1, 0.15) is 10.7 Å². The van der Waals surface area contributed by atoms with E-state index in [-0.39, 0.29) is 0 Å². The number of nitrogens with one attached hydrogen (secondary N) is 1. The minimum atomic E-state index is 0.607. The highest BCUT2D eigenvalue weighted by molar-refractivity contribution is 7.80. The van der Waals surface area contributed by atoms with Gasteiger partial charge < -0.3 is 10.1 Å². The van der Waals surface area contributed by atoms with Crippen molar-refractivity contribution in [3.63, 3.8) is 0 Å². The first-order valence-electron chi connectivity index (χ1n) is 6.89. The molecule has 0 fully saturated rings. The van der Waals surface area contributed by atoms with Gasteiger partial charge in [0.25, 0.3) is 0 Å². The highest BCUT2D eigenvalue weighted by atomic mass is 32.1. The van der Waals surface area contributed by atoms with E-state index in [0.717, 1.165) is 22.4 Å². The summed E-state index contributed by atoms with van der Waals surface area (Å²) in [6.07, 6.45) is 1.73. The Bertz CT molecular complexity index is 820. The minimum Gasteiger partial charge on any atom is -0.497 e. The van der Waals surface area contributed by atoms with Crippen LogP contribution in [0.5, 0.6) is 5.75 Å². The second-order valence-electron chi connectivity index (χ2n) is 4.78. The van der Waals surface area contributed by atoms with Crippen LogP contribution in [0.2, 0.25) is 0 Å². The van der Waals surface area contributed by atoms with Crippen LogP contribution >= 0.6 is 12.2 Å². The summed E-state index contributed by atoms with van der Waals surface area (Å²) in [5.74, 6) is 0.832. The molecule has 22 heavy (non-hydrogen) atoms. The molecule has 0 radical (unpaired) electrons. The Morgan fingerprint density at radius 2 is 2.09 bits per heavy atom. The van der Waals surface area contributed by atoms with E-state index in [1.54, 1.807) is 13.3 Å². The van der Waals surface area contributed by atoms with Gasteiger partial charge in [-0.2, -0.15) is 0 Å². The van der Waals surface area contributed by atoms with Gasteiger partial charge in [0.15, 0.2) is 5.65 Å². The molecule has 5 heteroatoms. The third-order valence-electron chi connectivity index (χ3n) is 3.28. The number of nitrogens with zero attached hydrogens (tertiary/aromatic N) is 2. The Hall–Kier alpha value is -2.53. The molecule has 0 amide bonds. The number of rotatable bonds is 4. The second kappa shape index (κ2) is 6.49. The SMILES string of the molecule is COc1cccc(CNC(=S)c2ccc3cccnc3n2)c1. The van der Waals surface area contributed by atoms with E-state index >= 15 is 0 Å². The number of fused-ring (bicyclic) bond motifs is 1. The van der Waals surface area contributed by atoms with Crippen molar-refractivity contribution in [2.75, 3.05) is 7.11 Å². The van der Waals surface area contributed by atoms with Gasteiger partial charge in [-0.25, -0.2) is 9.97 Å². The molecule has 0 aliphatic rings. The Morgan fingerprint density at radius 3 is 2.95 bits per heavy atom. The minimum absolute atomic E-state index is 0.607. The molecule has 3 aromatic rings. The van der Waals surface area contributed by atoms with E-state index < -0.39 is 0 Å². The van der Waals surface area contributed by atoms with E-state index in [1.165, 1.54) is 0 Å². The summed E-state index contributed by atoms with van der Waals surface area (Å²) < 4.78 is 5.21. The number of pyridine rings is 2. The maximum absolute atomic E-state index is 5.41. The summed E-state index contributed by atoms with van der Waals surface area (Å²) in [6, 6.07) is 15.6. The largest absolute Gasteiger partial charge is 0.497 e. The van der Waals surface area contributed by atoms with Gasteiger partial charge in [-0.15, -0.1) is 0 Å². The molecule has 1 N–H and O–H groups in total. The summed E-state index contributed by atoms with van der Waals surface area (Å²) in [7, 11) is 1.66. The van der Waals surface area contributed by atoms with Crippen LogP contribution in [0.3, 0.4) is 0 Å². The molecule has 110 valence electrons. The quantitative estimate of drug-likeness (QED) is 0.750. The van der Waals surface area contributed by atoms with Crippen molar-refractivity contribution in [2.24, 2.45) is 0 Å². The predicted molar refractivity (Wildman–Crippen MR) is 91.1 cm³/mol. The van der Waals surface area contributed by atoms with Crippen molar-refractivity contribution in [1.82, 2.24) is 15.3 Å². The topological polar surface area (TPSA) is 47.0 Å². The molecule has 0 spiro atoms. The number of thiocarbonyl (C=S) groups is 1. The number of hydrogen-bond donors (Lipinski definition) is 1. The summed E-state index contributed by atoms with van der Waals surface area (Å²) in [4.78, 5) is 9.34. The van der Waals surface area contributed by atoms with E-state index in [9.17, 15) is 0 Å². The van der Waals surface area contributed by atoms with Gasteiger partial charge in [0, 0.05) is 18.1 Å². The van der Waals surface area contributed by atoms with Crippen LogP contribution in [-0.2, 0) is 6.54 Å². The zero-order valence-corrected chi connectivity index (χ0v) is 12.9. The standard InChI is InChI=1S/C17H15N3OS/c1-21-14-6-2-4-12(10-14)11-19-17(22)15-8-7-13-5-3-9-18-16(13)20-15/h2-10H,11H2,1H3,(H,19,22). The zero-order valence-electron chi connectivity index (χ0n) is 12.1. The van der Waals surface area contributed by atoms with Crippen LogP contribution in [0.15, 0.2) is 54.7 Å². The fourth-order valence-corrected chi connectivity index (χ4v) is 2.32. The molecule has 2 heterocycles. The number of aromatic nitrogens is 2. The van der Waals surface area contributed by atoms with Gasteiger partial charge in [-0.3, -0.25) is 0 Å². The van der Waals surface area contributed by atoms with Crippen LogP contribution in [0.4, 0.5) is 0 Å². The molecule has 3 rings (SSSR count). The van der Waals surface area contributed by atoms with Crippen molar-refractivity contribution in [1.29, 1.82) is 0 Å². The van der Waals surface area contributed by atoms with Crippen molar-refractivity contribution in [3.8, 4) is 5.75 Å². The van der Waals surface area contributed by atoms with Gasteiger partial charge in [-0.1, -0.05) is 24.4 Å². The molecular formula is C17H15N3OS. The smallest absolute Gasteiger partial charge is 0.159 e. The molecule has 1 aromatic carbocycles. The monoisotopic (exact) mass is 309 g/mol. The predicted octanol–water partition coefficient (Wildman–Crippen LogP) is 3.10. The Balaban J connectivity index is 1.72. The lowest BCUT2D eigenvalue weighted by Crippen LogP contribution is -2.22. The Morgan fingerprint density at radius 1 is 1.18 bits per heavy atom. The van der Waals surface area contributed by atoms with E-state index in [1.807, 2.05) is 48.5 Å². The highest BCUT2D eigenvalue weighted by Crippen LogP contribution is 2.13. The zero-order chi connectivity index (χ0) is 15.4. The van der Waals surface area contributed by atoms with E-state index in [4.69, 9.17) is 17.0 Å². The van der Waals surface area contributed by atoms with Crippen molar-refractivity contribution < 1.29 is 4.74 Å². The lowest BCUT2D eigenvalue weighted by molar-refractivity contribution is 0.414. The third-order valence-corrected chi connectivity index (χ3v) is 3.64. The number of benzene rings is 1. The molecule has 4 nitrogen and oxygen atoms in total. The average molecular weight is 309 g/mol. The molecule has 0 saturated heterocycles. The first-order chi connectivity index (χ1) is 10.8. The normalized spacial score (nSPS) is 10.4. The molecule has 0 aliphatic heterocycles. The molecular weight excluding hydrogens is 294 g/mol. The van der Waals surface area contributed by atoms with E-state index in [2.05, 4.69) is 15.3 Å². The fraction of sp³-hybridized carbons (Fsp3) is 0.118. The van der Waals surface area contributed by atoms with Gasteiger partial charge in [0.2, 0.25) is 0 Å².